The molecule has 1 N–H and O–H groups in total. The van der Waals surface area contributed by atoms with Gasteiger partial charge < -0.3 is 10.2 Å². The molecule has 0 spiro atoms. The lowest BCUT2D eigenvalue weighted by molar-refractivity contribution is -0.137. The number of anilines is 3. The molecule has 174 valence electrons. The van der Waals surface area contributed by atoms with Gasteiger partial charge in [0.05, 0.1) is 10.5 Å². The Hall–Kier alpha value is -3.25. The molecule has 12 heteroatoms. The van der Waals surface area contributed by atoms with Crippen LogP contribution in [-0.2, 0) is 16.2 Å². The Labute approximate surface area is 189 Å². The van der Waals surface area contributed by atoms with Crippen LogP contribution in [0.25, 0.3) is 0 Å². The molecule has 0 atom stereocenters. The molecule has 0 bridgehead atoms. The van der Waals surface area contributed by atoms with E-state index in [9.17, 15) is 21.6 Å². The first-order valence-corrected chi connectivity index (χ1v) is 11.5. The number of nitrogens with zero attached hydrogens (tertiary/aromatic N) is 5. The molecule has 2 aromatic heterocycles. The second kappa shape index (κ2) is 8.94. The van der Waals surface area contributed by atoms with E-state index in [1.165, 1.54) is 4.31 Å². The maximum Gasteiger partial charge on any atom is 0.416 e. The molecule has 1 aliphatic heterocycles. The van der Waals surface area contributed by atoms with Crippen molar-refractivity contribution in [2.45, 2.75) is 18.0 Å². The molecule has 0 unspecified atom stereocenters. The van der Waals surface area contributed by atoms with Crippen molar-refractivity contribution in [1.82, 2.24) is 19.5 Å². The maximum atomic E-state index is 12.8. The van der Waals surface area contributed by atoms with Crippen LogP contribution in [0.1, 0.15) is 11.1 Å². The van der Waals surface area contributed by atoms with Crippen molar-refractivity contribution < 1.29 is 21.6 Å². The molecule has 8 nitrogen and oxygen atoms in total. The first-order valence-electron chi connectivity index (χ1n) is 10.1. The molecule has 3 aromatic rings. The highest BCUT2D eigenvalue weighted by Gasteiger charge is 2.32. The molecule has 0 radical (unpaired) electrons. The van der Waals surface area contributed by atoms with E-state index in [4.69, 9.17) is 0 Å². The van der Waals surface area contributed by atoms with Crippen LogP contribution in [0.2, 0.25) is 0 Å². The summed E-state index contributed by atoms with van der Waals surface area (Å²) in [6.07, 6.45) is -2.83. The van der Waals surface area contributed by atoms with E-state index in [2.05, 4.69) is 20.5 Å². The fraction of sp³-hybridized carbons (Fsp3) is 0.286. The Morgan fingerprint density at radius 2 is 1.61 bits per heavy atom. The third kappa shape index (κ3) is 5.22. The van der Waals surface area contributed by atoms with Gasteiger partial charge in [-0.25, -0.2) is 13.4 Å². The van der Waals surface area contributed by atoms with Crippen molar-refractivity contribution in [3.8, 4) is 0 Å². The molecular formula is C21H21F3N6O2S. The second-order valence-electron chi connectivity index (χ2n) is 7.53. The minimum absolute atomic E-state index is 0.163. The van der Waals surface area contributed by atoms with Crippen LogP contribution >= 0.6 is 0 Å². The number of pyridine rings is 1. The summed E-state index contributed by atoms with van der Waals surface area (Å²) in [7, 11) is -3.89. The lowest BCUT2D eigenvalue weighted by Gasteiger charge is -2.34. The molecule has 0 saturated carbocycles. The quantitative estimate of drug-likeness (QED) is 0.601. The van der Waals surface area contributed by atoms with Crippen LogP contribution in [0.5, 0.6) is 0 Å². The van der Waals surface area contributed by atoms with Crippen LogP contribution in [-0.4, -0.2) is 54.1 Å². The molecule has 0 aliphatic carbocycles. The highest BCUT2D eigenvalue weighted by molar-refractivity contribution is 7.89. The van der Waals surface area contributed by atoms with E-state index in [1.807, 2.05) is 24.0 Å². The average molecular weight is 479 g/mol. The maximum absolute atomic E-state index is 12.8. The smallest absolute Gasteiger partial charge is 0.352 e. The molecule has 3 heterocycles. The number of hydrogen-bond acceptors (Lipinski definition) is 7. The fourth-order valence-corrected chi connectivity index (χ4v) is 4.84. The van der Waals surface area contributed by atoms with Crippen molar-refractivity contribution in [1.29, 1.82) is 0 Å². The van der Waals surface area contributed by atoms with Crippen molar-refractivity contribution in [3.05, 3.63) is 65.9 Å². The Kier molecular flexibility index (Phi) is 6.21. The van der Waals surface area contributed by atoms with Gasteiger partial charge in [-0.15, -0.1) is 10.2 Å². The van der Waals surface area contributed by atoms with Gasteiger partial charge in [-0.1, -0.05) is 0 Å². The summed E-state index contributed by atoms with van der Waals surface area (Å²) in [5.41, 5.74) is 0.169. The molecule has 1 saturated heterocycles. The molecular weight excluding hydrogens is 457 g/mol. The van der Waals surface area contributed by atoms with Gasteiger partial charge in [-0.2, -0.15) is 17.5 Å². The zero-order valence-electron chi connectivity index (χ0n) is 17.6. The van der Waals surface area contributed by atoms with E-state index in [1.54, 1.807) is 18.3 Å². The zero-order chi connectivity index (χ0) is 23.6. The van der Waals surface area contributed by atoms with E-state index in [-0.39, 0.29) is 18.0 Å². The Morgan fingerprint density at radius 1 is 0.909 bits per heavy atom. The van der Waals surface area contributed by atoms with E-state index in [0.29, 0.717) is 30.5 Å². The minimum atomic E-state index is -4.52. The highest BCUT2D eigenvalue weighted by Crippen LogP contribution is 2.30. The van der Waals surface area contributed by atoms with Gasteiger partial charge in [-0.3, -0.25) is 0 Å². The summed E-state index contributed by atoms with van der Waals surface area (Å²) in [4.78, 5) is 5.95. The summed E-state index contributed by atoms with van der Waals surface area (Å²) in [5.74, 6) is 1.78. The molecule has 0 amide bonds. The third-order valence-corrected chi connectivity index (χ3v) is 7.12. The number of sulfonamides is 1. The molecule has 33 heavy (non-hydrogen) atoms. The highest BCUT2D eigenvalue weighted by atomic mass is 32.2. The monoisotopic (exact) mass is 478 g/mol. The standard InChI is InChI=1S/C21H21F3N6O2S/c1-15-8-9-25-19(14-15)26-18-6-7-20(28-27-18)29-10-12-30(13-11-29)33(31,32)17-4-2-16(3-5-17)21(22,23)24/h2-9,14H,10-13H2,1H3,(H,25,26,27). The van der Waals surface area contributed by atoms with Gasteiger partial charge in [0.15, 0.2) is 11.6 Å². The predicted octanol–water partition coefficient (Wildman–Crippen LogP) is 3.45. The number of piperazine rings is 1. The Balaban J connectivity index is 1.38. The van der Waals surface area contributed by atoms with Crippen LogP contribution in [0.15, 0.2) is 59.6 Å². The number of benzene rings is 1. The largest absolute Gasteiger partial charge is 0.416 e. The van der Waals surface area contributed by atoms with Gasteiger partial charge >= 0.3 is 6.18 Å². The number of rotatable bonds is 5. The first-order chi connectivity index (χ1) is 15.6. The number of nitrogens with one attached hydrogen (secondary N) is 1. The molecule has 1 fully saturated rings. The molecule has 4 rings (SSSR count). The summed E-state index contributed by atoms with van der Waals surface area (Å²) in [5, 5.41) is 11.4. The summed E-state index contributed by atoms with van der Waals surface area (Å²) < 4.78 is 65.1. The third-order valence-electron chi connectivity index (χ3n) is 5.20. The summed E-state index contributed by atoms with van der Waals surface area (Å²) in [6, 6.07) is 10.9. The number of aryl methyl sites for hydroxylation is 1. The van der Waals surface area contributed by atoms with Crippen molar-refractivity contribution >= 4 is 27.5 Å². The molecule has 1 aliphatic rings. The van der Waals surface area contributed by atoms with Gasteiger partial charge in [0.1, 0.15) is 5.82 Å². The van der Waals surface area contributed by atoms with Gasteiger partial charge in [0, 0.05) is 32.4 Å². The number of aromatic nitrogens is 3. The van der Waals surface area contributed by atoms with E-state index >= 15 is 0 Å². The first kappa shape index (κ1) is 22.9. The van der Waals surface area contributed by atoms with Crippen LogP contribution in [0.3, 0.4) is 0 Å². The average Bonchev–Trinajstić information content (AvgIpc) is 2.79. The minimum Gasteiger partial charge on any atom is -0.352 e. The zero-order valence-corrected chi connectivity index (χ0v) is 18.4. The van der Waals surface area contributed by atoms with Gasteiger partial charge in [-0.05, 0) is 61.0 Å². The number of halogens is 3. The van der Waals surface area contributed by atoms with Crippen molar-refractivity contribution in [3.63, 3.8) is 0 Å². The van der Waals surface area contributed by atoms with Crippen LogP contribution in [0, 0.1) is 6.92 Å². The van der Waals surface area contributed by atoms with E-state index < -0.39 is 21.8 Å². The Morgan fingerprint density at radius 3 is 2.18 bits per heavy atom. The fourth-order valence-electron chi connectivity index (χ4n) is 3.42. The Bertz CT molecular complexity index is 1210. The van der Waals surface area contributed by atoms with Crippen LogP contribution in [0.4, 0.5) is 30.6 Å². The lowest BCUT2D eigenvalue weighted by Crippen LogP contribution is -2.49. The lowest BCUT2D eigenvalue weighted by atomic mass is 10.2. The van der Waals surface area contributed by atoms with Crippen LogP contribution < -0.4 is 10.2 Å². The van der Waals surface area contributed by atoms with Gasteiger partial charge in [0.2, 0.25) is 10.0 Å². The SMILES string of the molecule is Cc1ccnc(Nc2ccc(N3CCN(S(=O)(=O)c4ccc(C(F)(F)F)cc4)CC3)nn2)c1. The topological polar surface area (TPSA) is 91.3 Å². The molecule has 1 aromatic carbocycles. The number of alkyl halides is 3. The summed E-state index contributed by atoms with van der Waals surface area (Å²) in [6.45, 7) is 3.07. The number of hydrogen-bond donors (Lipinski definition) is 1. The van der Waals surface area contributed by atoms with Crippen molar-refractivity contribution in [2.75, 3.05) is 36.4 Å². The normalized spacial score (nSPS) is 15.5. The van der Waals surface area contributed by atoms with Gasteiger partial charge in [0.25, 0.3) is 0 Å². The second-order valence-corrected chi connectivity index (χ2v) is 9.47. The van der Waals surface area contributed by atoms with Crippen molar-refractivity contribution in [2.24, 2.45) is 0 Å². The summed E-state index contributed by atoms with van der Waals surface area (Å²) >= 11 is 0. The predicted molar refractivity (Wildman–Crippen MR) is 117 cm³/mol. The van der Waals surface area contributed by atoms with E-state index in [0.717, 1.165) is 29.8 Å².